The predicted molar refractivity (Wildman–Crippen MR) is 93.4 cm³/mol. The van der Waals surface area contributed by atoms with Crippen LogP contribution in [0.4, 0.5) is 23.2 Å². The van der Waals surface area contributed by atoms with Crippen LogP contribution in [-0.2, 0) is 19.4 Å². The Kier molecular flexibility index (Phi) is 7.60. The zero-order chi connectivity index (χ0) is 22.6. The molecule has 1 fully saturated rings. The molecule has 8 nitrogen and oxygen atoms in total. The number of amides is 1. The quantitative estimate of drug-likeness (QED) is 0.464. The second-order valence-electron chi connectivity index (χ2n) is 6.14. The Morgan fingerprint density at radius 3 is 2.28 bits per heavy atom. The van der Waals surface area contributed by atoms with Crippen molar-refractivity contribution in [3.63, 3.8) is 0 Å². The first-order valence-electron chi connectivity index (χ1n) is 8.23. The number of primary amides is 1. The second-order valence-corrected chi connectivity index (χ2v) is 8.25. The van der Waals surface area contributed by atoms with E-state index in [0.29, 0.717) is 6.42 Å². The van der Waals surface area contributed by atoms with E-state index in [2.05, 4.69) is 4.74 Å². The molecule has 0 bridgehead atoms. The number of nitrogen functional groups attached to an aromatic ring is 1. The van der Waals surface area contributed by atoms with Gasteiger partial charge in [0.05, 0.1) is 16.2 Å². The number of alkyl halides is 4. The van der Waals surface area contributed by atoms with Crippen molar-refractivity contribution in [2.45, 2.75) is 49.2 Å². The third-order valence-corrected chi connectivity index (χ3v) is 5.79. The number of carbonyl (C=O) groups is 2. The van der Waals surface area contributed by atoms with Gasteiger partial charge in [-0.1, -0.05) is 6.92 Å². The van der Waals surface area contributed by atoms with Gasteiger partial charge in [-0.2, -0.15) is 13.2 Å². The summed E-state index contributed by atoms with van der Waals surface area (Å²) in [5.74, 6) is -5.99. The number of ether oxygens (including phenoxy) is 1. The van der Waals surface area contributed by atoms with Gasteiger partial charge >= 0.3 is 18.0 Å². The topological polar surface area (TPSA) is 150 Å². The van der Waals surface area contributed by atoms with E-state index in [0.717, 1.165) is 0 Å². The molecule has 29 heavy (non-hydrogen) atoms. The van der Waals surface area contributed by atoms with Crippen LogP contribution < -0.4 is 11.5 Å². The van der Waals surface area contributed by atoms with Gasteiger partial charge in [0, 0.05) is 12.1 Å². The summed E-state index contributed by atoms with van der Waals surface area (Å²) in [6.07, 6.45) is -7.78. The van der Waals surface area contributed by atoms with Crippen molar-refractivity contribution in [1.29, 1.82) is 0 Å². The Hall–Kier alpha value is -2.41. The lowest BCUT2D eigenvalue weighted by molar-refractivity contribution is -0.323. The molecule has 2 rings (SSSR count). The number of carbonyl (C=O) groups excluding carboxylic acids is 1. The number of carboxylic acids is 1. The van der Waals surface area contributed by atoms with Crippen molar-refractivity contribution in [2.24, 2.45) is 5.73 Å². The molecule has 0 aromatic heterocycles. The number of benzene rings is 1. The molecule has 0 radical (unpaired) electrons. The molecule has 1 aliphatic heterocycles. The van der Waals surface area contributed by atoms with Gasteiger partial charge in [-0.25, -0.2) is 17.6 Å². The minimum atomic E-state index is -5.17. The maximum absolute atomic E-state index is 12.8. The summed E-state index contributed by atoms with van der Waals surface area (Å²) in [6.45, 7) is 1.78. The van der Waals surface area contributed by atoms with E-state index in [1.807, 2.05) is 0 Å². The summed E-state index contributed by atoms with van der Waals surface area (Å²) in [5.41, 5.74) is 10.8. The summed E-state index contributed by atoms with van der Waals surface area (Å²) in [4.78, 5) is 21.2. The first kappa shape index (κ1) is 24.6. The van der Waals surface area contributed by atoms with Crippen LogP contribution in [0.15, 0.2) is 23.1 Å². The van der Waals surface area contributed by atoms with Crippen LogP contribution in [-0.4, -0.2) is 49.3 Å². The molecule has 1 aliphatic rings. The highest BCUT2D eigenvalue weighted by Crippen LogP contribution is 2.44. The lowest BCUT2D eigenvalue weighted by Gasteiger charge is -2.22. The molecule has 13 heteroatoms. The van der Waals surface area contributed by atoms with Gasteiger partial charge in [0.25, 0.3) is 5.91 Å². The molecule has 1 saturated heterocycles. The molecule has 164 valence electrons. The van der Waals surface area contributed by atoms with Crippen LogP contribution in [0.1, 0.15) is 36.5 Å². The van der Waals surface area contributed by atoms with Crippen molar-refractivity contribution in [1.82, 2.24) is 0 Å². The summed E-state index contributed by atoms with van der Waals surface area (Å²) in [6, 6.07) is 3.95. The van der Waals surface area contributed by atoms with Crippen molar-refractivity contribution in [3.8, 4) is 0 Å². The molecule has 2 unspecified atom stereocenters. The van der Waals surface area contributed by atoms with E-state index < -0.39 is 52.7 Å². The molecule has 5 N–H and O–H groups in total. The zero-order valence-electron chi connectivity index (χ0n) is 15.2. The van der Waals surface area contributed by atoms with Crippen molar-refractivity contribution >= 4 is 27.4 Å². The minimum absolute atomic E-state index is 0.0579. The van der Waals surface area contributed by atoms with Crippen LogP contribution in [0.5, 0.6) is 0 Å². The number of rotatable bonds is 5. The molecular weight excluding hydrogens is 424 g/mol. The van der Waals surface area contributed by atoms with Crippen LogP contribution >= 0.6 is 0 Å². The van der Waals surface area contributed by atoms with E-state index in [4.69, 9.17) is 16.6 Å². The lowest BCUT2D eigenvalue weighted by Crippen LogP contribution is -2.41. The largest absolute Gasteiger partial charge is 0.479 e. The van der Waals surface area contributed by atoms with Crippen LogP contribution in [0.2, 0.25) is 0 Å². The van der Waals surface area contributed by atoms with Crippen LogP contribution in [0.3, 0.4) is 0 Å². The fourth-order valence-electron chi connectivity index (χ4n) is 2.39. The lowest BCUT2D eigenvalue weighted by atomic mass is 10.1. The van der Waals surface area contributed by atoms with Gasteiger partial charge in [-0.05, 0) is 31.0 Å². The number of hydrogen-bond acceptors (Lipinski definition) is 6. The maximum Gasteiger partial charge on any atom is 0.448 e. The average Bonchev–Trinajstić information content (AvgIpc) is 2.99. The van der Waals surface area contributed by atoms with E-state index >= 15 is 0 Å². The van der Waals surface area contributed by atoms with Crippen LogP contribution in [0.25, 0.3) is 0 Å². The summed E-state index contributed by atoms with van der Waals surface area (Å²) in [7, 11) is -3.31. The van der Waals surface area contributed by atoms with Gasteiger partial charge in [0.2, 0.25) is 0 Å². The molecular formula is C16H20F4N2O6S. The molecule has 2 atom stereocenters. The Morgan fingerprint density at radius 1 is 1.34 bits per heavy atom. The number of sulfone groups is 1. The van der Waals surface area contributed by atoms with E-state index in [9.17, 15) is 35.6 Å². The van der Waals surface area contributed by atoms with E-state index in [1.165, 1.54) is 18.2 Å². The number of halogens is 4. The third-order valence-electron chi connectivity index (χ3n) is 3.88. The molecule has 0 saturated carbocycles. The van der Waals surface area contributed by atoms with Gasteiger partial charge in [-0.15, -0.1) is 0 Å². The van der Waals surface area contributed by atoms with Gasteiger partial charge in [0.1, 0.15) is 0 Å². The SMILES string of the molecule is CCCS(=O)(=O)c1ccc(C(N)=O)c(N)c1.O=C(O)C1CCC(F)(C(F)(F)F)O1. The van der Waals surface area contributed by atoms with E-state index in [-0.39, 0.29) is 21.9 Å². The van der Waals surface area contributed by atoms with Gasteiger partial charge < -0.3 is 21.3 Å². The number of carboxylic acid groups (broad SMARTS) is 1. The highest BCUT2D eigenvalue weighted by molar-refractivity contribution is 7.91. The first-order valence-corrected chi connectivity index (χ1v) is 9.88. The highest BCUT2D eigenvalue weighted by atomic mass is 32.2. The Balaban J connectivity index is 0.000000296. The fourth-order valence-corrected chi connectivity index (χ4v) is 3.74. The average molecular weight is 444 g/mol. The van der Waals surface area contributed by atoms with Crippen LogP contribution in [0, 0.1) is 0 Å². The van der Waals surface area contributed by atoms with Crippen molar-refractivity contribution < 1.29 is 45.4 Å². The smallest absolute Gasteiger partial charge is 0.448 e. The summed E-state index contributed by atoms with van der Waals surface area (Å²) < 4.78 is 75.7. The third kappa shape index (κ3) is 6.03. The number of nitrogens with two attached hydrogens (primary N) is 2. The van der Waals surface area contributed by atoms with Gasteiger partial charge in [-0.3, -0.25) is 4.79 Å². The second kappa shape index (κ2) is 8.95. The highest BCUT2D eigenvalue weighted by Gasteiger charge is 2.62. The molecule has 1 amide bonds. The maximum atomic E-state index is 12.8. The Labute approximate surface area is 163 Å². The molecule has 1 aromatic rings. The molecule has 0 spiro atoms. The molecule has 1 aromatic carbocycles. The Morgan fingerprint density at radius 2 is 1.93 bits per heavy atom. The normalized spacial score (nSPS) is 21.9. The minimum Gasteiger partial charge on any atom is -0.479 e. The van der Waals surface area contributed by atoms with Crippen molar-refractivity contribution in [3.05, 3.63) is 23.8 Å². The number of aliphatic carboxylic acids is 1. The zero-order valence-corrected chi connectivity index (χ0v) is 16.0. The molecule has 1 heterocycles. The van der Waals surface area contributed by atoms with E-state index in [1.54, 1.807) is 6.92 Å². The predicted octanol–water partition coefficient (Wildman–Crippen LogP) is 2.03. The summed E-state index contributed by atoms with van der Waals surface area (Å²) >= 11 is 0. The monoisotopic (exact) mass is 444 g/mol. The first-order chi connectivity index (χ1) is 13.1. The Bertz CT molecular complexity index is 875. The number of anilines is 1. The number of hydrogen-bond donors (Lipinski definition) is 3. The standard InChI is InChI=1S/C10H14N2O3S.C6H6F4O3/c1-2-5-16(14,15)7-3-4-8(10(12)13)9(11)6-7;7-5(6(8,9)10)2-1-3(13-5)4(11)12/h3-4,6H,2,5,11H2,1H3,(H2,12,13);3H,1-2H2,(H,11,12). The molecule has 0 aliphatic carbocycles. The van der Waals surface area contributed by atoms with Crippen molar-refractivity contribution in [2.75, 3.05) is 11.5 Å². The summed E-state index contributed by atoms with van der Waals surface area (Å²) in [5, 5.41) is 8.25. The fraction of sp³-hybridized carbons (Fsp3) is 0.500. The van der Waals surface area contributed by atoms with Gasteiger partial charge in [0.15, 0.2) is 15.9 Å².